The van der Waals surface area contributed by atoms with Crippen molar-refractivity contribution in [2.75, 3.05) is 26.4 Å². The van der Waals surface area contributed by atoms with E-state index in [0.29, 0.717) is 24.8 Å². The molecule has 2 bridgehead atoms. The summed E-state index contributed by atoms with van der Waals surface area (Å²) in [5.41, 5.74) is 4.30. The van der Waals surface area contributed by atoms with Gasteiger partial charge in [0.25, 0.3) is 0 Å². The van der Waals surface area contributed by atoms with E-state index in [0.717, 1.165) is 30.5 Å². The molecule has 0 unspecified atom stereocenters. The molecule has 0 aliphatic carbocycles. The van der Waals surface area contributed by atoms with Gasteiger partial charge in [-0.05, 0) is 67.6 Å². The van der Waals surface area contributed by atoms with Gasteiger partial charge in [0, 0.05) is 31.1 Å². The summed E-state index contributed by atoms with van der Waals surface area (Å²) in [6.07, 6.45) is 2.72. The average Bonchev–Trinajstić information content (AvgIpc) is 3.36. The van der Waals surface area contributed by atoms with Gasteiger partial charge in [-0.15, -0.1) is 0 Å². The van der Waals surface area contributed by atoms with Crippen LogP contribution in [0.1, 0.15) is 35.4 Å². The number of benzene rings is 2. The number of likely N-dealkylation sites (tertiary alicyclic amines) is 1. The molecular weight excluding hydrogens is 348 g/mol. The fourth-order valence-corrected chi connectivity index (χ4v) is 6.17. The molecule has 2 aromatic carbocycles. The molecule has 0 spiro atoms. The molecule has 28 heavy (non-hydrogen) atoms. The first kappa shape index (κ1) is 16.9. The highest BCUT2D eigenvalue weighted by Crippen LogP contribution is 2.48. The molecule has 4 heteroatoms. The second kappa shape index (κ2) is 6.50. The standard InChI is InChI=1S/C24H28N2O2/c1-16-4-2-3-5-19(16)13-26-14-20(18-6-7-21-22(12-18)28-15-27-21)24-23(26)17-8-10-25(24)11-9-17/h2-7,12,17,20,23-24H,8-11,13-15H2,1H3/t20-,23+,24+/m0/s1. The Labute approximate surface area is 167 Å². The minimum absolute atomic E-state index is 0.350. The minimum atomic E-state index is 0.350. The first-order valence-corrected chi connectivity index (χ1v) is 10.7. The summed E-state index contributed by atoms with van der Waals surface area (Å²) in [6.45, 7) is 7.34. The van der Waals surface area contributed by atoms with Crippen LogP contribution in [-0.4, -0.2) is 48.3 Å². The number of aryl methyl sites for hydroxylation is 1. The Kier molecular flexibility index (Phi) is 3.92. The first-order valence-electron chi connectivity index (χ1n) is 10.7. The van der Waals surface area contributed by atoms with E-state index in [1.54, 1.807) is 0 Å². The maximum Gasteiger partial charge on any atom is 0.231 e. The SMILES string of the molecule is Cc1ccccc1CN1C[C@@H](c2ccc3c(c2)OCO3)[C@@H]2[C@H]1C1CCN2CC1. The Balaban J connectivity index is 1.35. The van der Waals surface area contributed by atoms with Crippen LogP contribution >= 0.6 is 0 Å². The third-order valence-electron chi connectivity index (χ3n) is 7.55. The van der Waals surface area contributed by atoms with Gasteiger partial charge in [0.1, 0.15) is 0 Å². The topological polar surface area (TPSA) is 24.9 Å². The Hall–Kier alpha value is -2.04. The van der Waals surface area contributed by atoms with Crippen LogP contribution in [0.15, 0.2) is 42.5 Å². The Morgan fingerprint density at radius 2 is 1.79 bits per heavy atom. The van der Waals surface area contributed by atoms with Crippen LogP contribution in [0, 0.1) is 12.8 Å². The van der Waals surface area contributed by atoms with Crippen LogP contribution in [0.5, 0.6) is 11.5 Å². The van der Waals surface area contributed by atoms with Crippen molar-refractivity contribution < 1.29 is 9.47 Å². The lowest BCUT2D eigenvalue weighted by Crippen LogP contribution is -2.60. The molecule has 0 N–H and O–H groups in total. The molecule has 0 aromatic heterocycles. The van der Waals surface area contributed by atoms with E-state index in [2.05, 4.69) is 59.2 Å². The van der Waals surface area contributed by atoms with Gasteiger partial charge in [-0.1, -0.05) is 30.3 Å². The maximum atomic E-state index is 5.69. The summed E-state index contributed by atoms with van der Waals surface area (Å²) >= 11 is 0. The molecule has 146 valence electrons. The number of ether oxygens (including phenoxy) is 2. The molecule has 4 saturated heterocycles. The van der Waals surface area contributed by atoms with Crippen molar-refractivity contribution in [3.05, 3.63) is 59.2 Å². The summed E-state index contributed by atoms with van der Waals surface area (Å²) in [6, 6.07) is 16.8. The molecule has 4 nitrogen and oxygen atoms in total. The van der Waals surface area contributed by atoms with E-state index in [4.69, 9.17) is 9.47 Å². The molecule has 5 heterocycles. The molecule has 3 atom stereocenters. The zero-order valence-corrected chi connectivity index (χ0v) is 16.5. The summed E-state index contributed by atoms with van der Waals surface area (Å²) in [5.74, 6) is 3.20. The highest BCUT2D eigenvalue weighted by molar-refractivity contribution is 5.46. The van der Waals surface area contributed by atoms with Gasteiger partial charge < -0.3 is 9.47 Å². The lowest BCUT2D eigenvalue weighted by Gasteiger charge is -2.51. The highest BCUT2D eigenvalue weighted by atomic mass is 16.7. The largest absolute Gasteiger partial charge is 0.454 e. The van der Waals surface area contributed by atoms with E-state index in [-0.39, 0.29) is 0 Å². The summed E-state index contributed by atoms with van der Waals surface area (Å²) in [5, 5.41) is 0. The summed E-state index contributed by atoms with van der Waals surface area (Å²) < 4.78 is 11.2. The monoisotopic (exact) mass is 376 g/mol. The fourth-order valence-electron chi connectivity index (χ4n) is 6.17. The molecule has 5 aliphatic rings. The lowest BCUT2D eigenvalue weighted by atomic mass is 9.75. The van der Waals surface area contributed by atoms with E-state index in [1.807, 2.05) is 0 Å². The molecule has 0 saturated carbocycles. The predicted molar refractivity (Wildman–Crippen MR) is 109 cm³/mol. The number of nitrogens with zero attached hydrogens (tertiary/aromatic N) is 2. The highest BCUT2D eigenvalue weighted by Gasteiger charge is 2.53. The Morgan fingerprint density at radius 1 is 0.964 bits per heavy atom. The van der Waals surface area contributed by atoms with Gasteiger partial charge in [-0.25, -0.2) is 0 Å². The van der Waals surface area contributed by atoms with Crippen molar-refractivity contribution in [2.24, 2.45) is 5.92 Å². The second-order valence-electron chi connectivity index (χ2n) is 8.93. The fraction of sp³-hybridized carbons (Fsp3) is 0.500. The maximum absolute atomic E-state index is 5.69. The number of fused-ring (bicyclic) bond motifs is 3. The van der Waals surface area contributed by atoms with Crippen LogP contribution in [0.4, 0.5) is 0 Å². The quantitative estimate of drug-likeness (QED) is 0.814. The summed E-state index contributed by atoms with van der Waals surface area (Å²) in [4.78, 5) is 5.57. The third kappa shape index (κ3) is 2.58. The van der Waals surface area contributed by atoms with Gasteiger partial charge in [0.05, 0.1) is 0 Å². The number of hydrogen-bond donors (Lipinski definition) is 0. The van der Waals surface area contributed by atoms with Crippen LogP contribution in [-0.2, 0) is 6.54 Å². The number of piperidine rings is 3. The molecule has 0 radical (unpaired) electrons. The molecule has 0 amide bonds. The van der Waals surface area contributed by atoms with Gasteiger partial charge in [-0.3, -0.25) is 9.80 Å². The zero-order valence-electron chi connectivity index (χ0n) is 16.5. The van der Waals surface area contributed by atoms with Crippen LogP contribution < -0.4 is 9.47 Å². The van der Waals surface area contributed by atoms with Crippen molar-refractivity contribution >= 4 is 0 Å². The molecule has 5 aliphatic heterocycles. The van der Waals surface area contributed by atoms with Gasteiger partial charge in [0.15, 0.2) is 11.5 Å². The van der Waals surface area contributed by atoms with Gasteiger partial charge in [-0.2, -0.15) is 0 Å². The third-order valence-corrected chi connectivity index (χ3v) is 7.55. The van der Waals surface area contributed by atoms with E-state index < -0.39 is 0 Å². The first-order chi connectivity index (χ1) is 13.8. The van der Waals surface area contributed by atoms with Crippen molar-refractivity contribution in [3.8, 4) is 11.5 Å². The van der Waals surface area contributed by atoms with Crippen molar-refractivity contribution in [1.82, 2.24) is 9.80 Å². The number of hydrogen-bond acceptors (Lipinski definition) is 4. The van der Waals surface area contributed by atoms with Crippen molar-refractivity contribution in [2.45, 2.75) is 44.3 Å². The number of rotatable bonds is 3. The van der Waals surface area contributed by atoms with Crippen LogP contribution in [0.2, 0.25) is 0 Å². The zero-order chi connectivity index (χ0) is 18.7. The molecule has 7 rings (SSSR count). The predicted octanol–water partition coefficient (Wildman–Crippen LogP) is 3.79. The van der Waals surface area contributed by atoms with Gasteiger partial charge in [0.2, 0.25) is 6.79 Å². The lowest BCUT2D eigenvalue weighted by molar-refractivity contribution is -0.00873. The van der Waals surface area contributed by atoms with E-state index in [1.165, 1.54) is 42.6 Å². The molecule has 4 fully saturated rings. The normalized spacial score (nSPS) is 33.2. The van der Waals surface area contributed by atoms with Gasteiger partial charge >= 0.3 is 0 Å². The van der Waals surface area contributed by atoms with E-state index >= 15 is 0 Å². The second-order valence-corrected chi connectivity index (χ2v) is 8.93. The van der Waals surface area contributed by atoms with Crippen LogP contribution in [0.3, 0.4) is 0 Å². The van der Waals surface area contributed by atoms with Crippen LogP contribution in [0.25, 0.3) is 0 Å². The van der Waals surface area contributed by atoms with Crippen molar-refractivity contribution in [3.63, 3.8) is 0 Å². The van der Waals surface area contributed by atoms with E-state index in [9.17, 15) is 0 Å². The van der Waals surface area contributed by atoms with Crippen molar-refractivity contribution in [1.29, 1.82) is 0 Å². The summed E-state index contributed by atoms with van der Waals surface area (Å²) in [7, 11) is 0. The Bertz CT molecular complexity index is 890. The molecular formula is C24H28N2O2. The average molecular weight is 377 g/mol. The smallest absolute Gasteiger partial charge is 0.231 e. The minimum Gasteiger partial charge on any atom is -0.454 e. The molecule has 2 aromatic rings. The Morgan fingerprint density at radius 3 is 2.64 bits per heavy atom.